The van der Waals surface area contributed by atoms with Crippen molar-refractivity contribution in [3.63, 3.8) is 0 Å². The number of fused-ring (bicyclic) bond motifs is 3. The first-order chi connectivity index (χ1) is 15.4. The van der Waals surface area contributed by atoms with Gasteiger partial charge in [-0.25, -0.2) is 4.79 Å². The molecule has 0 unspecified atom stereocenters. The lowest BCUT2D eigenvalue weighted by molar-refractivity contribution is -0.135. The molecule has 1 spiro atoms. The van der Waals surface area contributed by atoms with Gasteiger partial charge in [0.25, 0.3) is 5.91 Å². The molecule has 0 aromatic heterocycles. The molecule has 2 aromatic carbocycles. The van der Waals surface area contributed by atoms with Gasteiger partial charge in [-0.15, -0.1) is 0 Å². The van der Waals surface area contributed by atoms with Crippen molar-refractivity contribution in [2.24, 2.45) is 0 Å². The molecule has 0 radical (unpaired) electrons. The van der Waals surface area contributed by atoms with Crippen LogP contribution in [0.5, 0.6) is 17.2 Å². The number of benzene rings is 2. The topological polar surface area (TPSA) is 123 Å². The molecule has 3 aliphatic rings. The van der Waals surface area contributed by atoms with Gasteiger partial charge in [0, 0.05) is 23.6 Å². The fourth-order valence-corrected chi connectivity index (χ4v) is 4.19. The second-order valence-electron chi connectivity index (χ2n) is 7.68. The SMILES string of the molecule is CC(=O)c1cc2c(cc1NC(=O)CN1C(=O)N[C@]3(CCOc4ccccc43)C1=O)OCO2. The molecule has 2 N–H and O–H groups in total. The number of para-hydroxylation sites is 1. The van der Waals surface area contributed by atoms with E-state index >= 15 is 0 Å². The zero-order valence-corrected chi connectivity index (χ0v) is 17.1. The van der Waals surface area contributed by atoms with Crippen LogP contribution in [0.15, 0.2) is 36.4 Å². The predicted octanol–water partition coefficient (Wildman–Crippen LogP) is 1.79. The van der Waals surface area contributed by atoms with Crippen LogP contribution >= 0.6 is 0 Å². The summed E-state index contributed by atoms with van der Waals surface area (Å²) in [4.78, 5) is 51.6. The minimum Gasteiger partial charge on any atom is -0.493 e. The third-order valence-corrected chi connectivity index (χ3v) is 5.73. The van der Waals surface area contributed by atoms with E-state index in [4.69, 9.17) is 14.2 Å². The van der Waals surface area contributed by atoms with Crippen LogP contribution < -0.4 is 24.8 Å². The standard InChI is InChI=1S/C22H19N3O7/c1-12(26)13-8-17-18(32-11-31-17)9-15(13)23-19(27)10-25-20(28)22(24-21(25)29)6-7-30-16-5-3-2-4-14(16)22/h2-5,8-9H,6-7,10-11H2,1H3,(H,23,27)(H,24,29)/t22-/m0/s1. The van der Waals surface area contributed by atoms with Crippen LogP contribution in [0, 0.1) is 0 Å². The molecule has 0 saturated carbocycles. The number of carbonyl (C=O) groups is 4. The van der Waals surface area contributed by atoms with Crippen LogP contribution in [0.2, 0.25) is 0 Å². The molecule has 164 valence electrons. The van der Waals surface area contributed by atoms with E-state index in [1.165, 1.54) is 19.1 Å². The molecule has 1 fully saturated rings. The molecular weight excluding hydrogens is 418 g/mol. The van der Waals surface area contributed by atoms with E-state index in [2.05, 4.69) is 10.6 Å². The van der Waals surface area contributed by atoms with Crippen LogP contribution in [0.4, 0.5) is 10.5 Å². The highest BCUT2D eigenvalue weighted by Gasteiger charge is 2.55. The first-order valence-electron chi connectivity index (χ1n) is 10.00. The summed E-state index contributed by atoms with van der Waals surface area (Å²) in [6.07, 6.45) is 0.253. The van der Waals surface area contributed by atoms with E-state index in [0.717, 1.165) is 4.90 Å². The van der Waals surface area contributed by atoms with Crippen molar-refractivity contribution in [1.29, 1.82) is 0 Å². The third kappa shape index (κ3) is 3.03. The van der Waals surface area contributed by atoms with Crippen LogP contribution in [0.3, 0.4) is 0 Å². The van der Waals surface area contributed by atoms with Gasteiger partial charge in [-0.1, -0.05) is 18.2 Å². The maximum atomic E-state index is 13.3. The average molecular weight is 437 g/mol. The lowest BCUT2D eigenvalue weighted by atomic mass is 9.84. The molecule has 10 heteroatoms. The molecule has 4 amide bonds. The van der Waals surface area contributed by atoms with Gasteiger partial charge in [-0.2, -0.15) is 0 Å². The molecule has 5 rings (SSSR count). The normalized spacial score (nSPS) is 20.6. The Morgan fingerprint density at radius 1 is 1.09 bits per heavy atom. The van der Waals surface area contributed by atoms with Crippen molar-refractivity contribution in [2.75, 3.05) is 25.3 Å². The number of ether oxygens (including phenoxy) is 3. The van der Waals surface area contributed by atoms with Gasteiger partial charge in [0.05, 0.1) is 12.3 Å². The average Bonchev–Trinajstić information content (AvgIpc) is 3.32. The van der Waals surface area contributed by atoms with Crippen molar-refractivity contribution < 1.29 is 33.4 Å². The summed E-state index contributed by atoms with van der Waals surface area (Å²) in [6.45, 7) is 1.11. The summed E-state index contributed by atoms with van der Waals surface area (Å²) in [7, 11) is 0. The van der Waals surface area contributed by atoms with E-state index in [1.54, 1.807) is 24.3 Å². The van der Waals surface area contributed by atoms with Gasteiger partial charge in [-0.05, 0) is 19.1 Å². The fourth-order valence-electron chi connectivity index (χ4n) is 4.19. The van der Waals surface area contributed by atoms with Crippen LogP contribution in [-0.4, -0.2) is 48.5 Å². The molecule has 3 heterocycles. The van der Waals surface area contributed by atoms with Crippen molar-refractivity contribution in [1.82, 2.24) is 10.2 Å². The number of nitrogens with one attached hydrogen (secondary N) is 2. The molecule has 1 atom stereocenters. The molecule has 3 aliphatic heterocycles. The smallest absolute Gasteiger partial charge is 0.325 e. The Morgan fingerprint density at radius 3 is 2.62 bits per heavy atom. The van der Waals surface area contributed by atoms with Crippen LogP contribution in [0.1, 0.15) is 29.3 Å². The maximum absolute atomic E-state index is 13.3. The van der Waals surface area contributed by atoms with Gasteiger partial charge in [0.15, 0.2) is 22.8 Å². The number of hydrogen-bond acceptors (Lipinski definition) is 7. The van der Waals surface area contributed by atoms with Gasteiger partial charge < -0.3 is 24.8 Å². The Kier molecular flexibility index (Phi) is 4.50. The van der Waals surface area contributed by atoms with Crippen LogP contribution in [0.25, 0.3) is 0 Å². The molecular formula is C22H19N3O7. The molecule has 0 bridgehead atoms. The molecule has 32 heavy (non-hydrogen) atoms. The second-order valence-corrected chi connectivity index (χ2v) is 7.68. The number of amides is 4. The highest BCUT2D eigenvalue weighted by Crippen LogP contribution is 2.41. The van der Waals surface area contributed by atoms with E-state index in [-0.39, 0.29) is 36.9 Å². The monoisotopic (exact) mass is 437 g/mol. The zero-order chi connectivity index (χ0) is 22.5. The van der Waals surface area contributed by atoms with E-state index in [1.807, 2.05) is 0 Å². The van der Waals surface area contributed by atoms with E-state index < -0.39 is 29.9 Å². The summed E-state index contributed by atoms with van der Waals surface area (Å²) < 4.78 is 16.2. The van der Waals surface area contributed by atoms with Gasteiger partial charge in [0.2, 0.25) is 12.7 Å². The summed E-state index contributed by atoms with van der Waals surface area (Å²) in [5.74, 6) is -0.130. The third-order valence-electron chi connectivity index (χ3n) is 5.73. The summed E-state index contributed by atoms with van der Waals surface area (Å²) in [6, 6.07) is 9.30. The Balaban J connectivity index is 1.38. The number of rotatable bonds is 4. The maximum Gasteiger partial charge on any atom is 0.325 e. The first-order valence-corrected chi connectivity index (χ1v) is 10.00. The highest BCUT2D eigenvalue weighted by atomic mass is 16.7. The van der Waals surface area contributed by atoms with Crippen molar-refractivity contribution >= 4 is 29.3 Å². The number of nitrogens with zero attached hydrogens (tertiary/aromatic N) is 1. The Bertz CT molecular complexity index is 1180. The van der Waals surface area contributed by atoms with Gasteiger partial charge >= 0.3 is 6.03 Å². The zero-order valence-electron chi connectivity index (χ0n) is 17.1. The summed E-state index contributed by atoms with van der Waals surface area (Å²) in [5, 5.41) is 5.35. The number of anilines is 1. The van der Waals surface area contributed by atoms with Gasteiger partial charge in [0.1, 0.15) is 12.3 Å². The first kappa shape index (κ1) is 19.9. The Labute approximate surface area is 182 Å². The highest BCUT2D eigenvalue weighted by molar-refractivity contribution is 6.11. The Morgan fingerprint density at radius 2 is 1.84 bits per heavy atom. The summed E-state index contributed by atoms with van der Waals surface area (Å²) in [5.41, 5.74) is -0.267. The molecule has 1 saturated heterocycles. The quantitative estimate of drug-likeness (QED) is 0.552. The molecule has 2 aromatic rings. The number of urea groups is 1. The number of hydrogen-bond donors (Lipinski definition) is 2. The summed E-state index contributed by atoms with van der Waals surface area (Å²) >= 11 is 0. The van der Waals surface area contributed by atoms with Crippen molar-refractivity contribution in [3.8, 4) is 17.2 Å². The fraction of sp³-hybridized carbons (Fsp3) is 0.273. The number of carbonyl (C=O) groups excluding carboxylic acids is 4. The predicted molar refractivity (Wildman–Crippen MR) is 110 cm³/mol. The van der Waals surface area contributed by atoms with E-state index in [0.29, 0.717) is 22.8 Å². The lowest BCUT2D eigenvalue weighted by Crippen LogP contribution is -2.48. The van der Waals surface area contributed by atoms with Crippen molar-refractivity contribution in [2.45, 2.75) is 18.9 Å². The number of imide groups is 1. The lowest BCUT2D eigenvalue weighted by Gasteiger charge is -2.33. The minimum absolute atomic E-state index is 0.0137. The number of Topliss-reactive ketones (excluding diaryl/α,β-unsaturated/α-hetero) is 1. The van der Waals surface area contributed by atoms with Crippen molar-refractivity contribution in [3.05, 3.63) is 47.5 Å². The molecule has 10 nitrogen and oxygen atoms in total. The number of ketones is 1. The largest absolute Gasteiger partial charge is 0.493 e. The minimum atomic E-state index is -1.27. The van der Waals surface area contributed by atoms with Gasteiger partial charge in [-0.3, -0.25) is 19.3 Å². The van der Waals surface area contributed by atoms with Crippen LogP contribution in [-0.2, 0) is 15.1 Å². The molecule has 0 aliphatic carbocycles. The van der Waals surface area contributed by atoms with E-state index in [9.17, 15) is 19.2 Å². The second kappa shape index (κ2) is 7.26. The Hall–Kier alpha value is -4.08.